The van der Waals surface area contributed by atoms with Crippen LogP contribution in [0.5, 0.6) is 0 Å². The molecule has 0 fully saturated rings. The number of carbonyl (C=O) groups is 1. The minimum atomic E-state index is -0.965. The molecule has 0 N–H and O–H groups in total. The Labute approximate surface area is 130 Å². The van der Waals surface area contributed by atoms with Crippen LogP contribution in [0.4, 0.5) is 8.78 Å². The lowest BCUT2D eigenvalue weighted by atomic mass is 10.2. The summed E-state index contributed by atoms with van der Waals surface area (Å²) in [6.07, 6.45) is 0. The van der Waals surface area contributed by atoms with Crippen molar-refractivity contribution in [2.24, 2.45) is 0 Å². The van der Waals surface area contributed by atoms with E-state index in [9.17, 15) is 13.6 Å². The molecular formula is C14H10Cl2F2N2O. The number of aromatic nitrogens is 1. The van der Waals surface area contributed by atoms with E-state index in [1.54, 1.807) is 0 Å². The summed E-state index contributed by atoms with van der Waals surface area (Å²) in [5, 5.41) is 0.311. The van der Waals surface area contributed by atoms with Crippen LogP contribution in [-0.2, 0) is 6.54 Å². The highest BCUT2D eigenvalue weighted by molar-refractivity contribution is 6.34. The molecule has 0 radical (unpaired) electrons. The van der Waals surface area contributed by atoms with Gasteiger partial charge >= 0.3 is 0 Å². The lowest BCUT2D eigenvalue weighted by Crippen LogP contribution is -2.27. The molecule has 0 atom stereocenters. The number of benzene rings is 1. The van der Waals surface area contributed by atoms with E-state index in [0.717, 1.165) is 12.1 Å². The molecule has 3 nitrogen and oxygen atoms in total. The lowest BCUT2D eigenvalue weighted by molar-refractivity contribution is 0.0779. The van der Waals surface area contributed by atoms with Crippen molar-refractivity contribution < 1.29 is 13.6 Å². The van der Waals surface area contributed by atoms with Gasteiger partial charge in [0.25, 0.3) is 5.91 Å². The van der Waals surface area contributed by atoms with Crippen molar-refractivity contribution in [3.63, 3.8) is 0 Å². The Hall–Kier alpha value is -1.72. The first-order chi connectivity index (χ1) is 9.88. The maximum Gasteiger partial charge on any atom is 0.274 e. The van der Waals surface area contributed by atoms with E-state index in [1.807, 2.05) is 0 Å². The number of carbonyl (C=O) groups excluding carboxylic acids is 1. The maximum absolute atomic E-state index is 13.1. The molecule has 0 spiro atoms. The smallest absolute Gasteiger partial charge is 0.274 e. The monoisotopic (exact) mass is 330 g/mol. The van der Waals surface area contributed by atoms with Crippen molar-refractivity contribution in [2.45, 2.75) is 6.54 Å². The molecule has 1 amide bonds. The Kier molecular flexibility index (Phi) is 4.75. The Balaban J connectivity index is 2.19. The maximum atomic E-state index is 13.1. The van der Waals surface area contributed by atoms with Crippen molar-refractivity contribution >= 4 is 29.1 Å². The Morgan fingerprint density at radius 1 is 1.19 bits per heavy atom. The molecule has 21 heavy (non-hydrogen) atoms. The van der Waals surface area contributed by atoms with E-state index in [2.05, 4.69) is 4.98 Å². The van der Waals surface area contributed by atoms with Crippen LogP contribution in [0.1, 0.15) is 16.1 Å². The molecule has 1 heterocycles. The van der Waals surface area contributed by atoms with Crippen LogP contribution in [0.2, 0.25) is 10.2 Å². The number of nitrogens with zero attached hydrogens (tertiary/aromatic N) is 2. The van der Waals surface area contributed by atoms with Gasteiger partial charge in [0.1, 0.15) is 10.8 Å². The molecule has 2 aromatic rings. The Morgan fingerprint density at radius 3 is 2.57 bits per heavy atom. The van der Waals surface area contributed by atoms with Crippen LogP contribution in [-0.4, -0.2) is 22.8 Å². The quantitative estimate of drug-likeness (QED) is 0.798. The van der Waals surface area contributed by atoms with Gasteiger partial charge in [0.2, 0.25) is 0 Å². The first-order valence-electron chi connectivity index (χ1n) is 5.90. The zero-order valence-corrected chi connectivity index (χ0v) is 12.4. The SMILES string of the molecule is CN(Cc1ccc(F)c(F)c1)C(=O)c1nc(Cl)ccc1Cl. The third kappa shape index (κ3) is 3.68. The number of halogens is 4. The van der Waals surface area contributed by atoms with E-state index in [4.69, 9.17) is 23.2 Å². The zero-order valence-electron chi connectivity index (χ0n) is 10.9. The van der Waals surface area contributed by atoms with E-state index in [-0.39, 0.29) is 22.4 Å². The van der Waals surface area contributed by atoms with Gasteiger partial charge in [0, 0.05) is 13.6 Å². The highest BCUT2D eigenvalue weighted by Gasteiger charge is 2.18. The highest BCUT2D eigenvalue weighted by atomic mass is 35.5. The zero-order chi connectivity index (χ0) is 15.6. The molecule has 0 saturated heterocycles. The number of hydrogen-bond donors (Lipinski definition) is 0. The van der Waals surface area contributed by atoms with Crippen LogP contribution in [0, 0.1) is 11.6 Å². The van der Waals surface area contributed by atoms with Gasteiger partial charge in [0.15, 0.2) is 11.6 Å². The van der Waals surface area contributed by atoms with E-state index in [1.165, 1.54) is 30.1 Å². The molecule has 0 aliphatic heterocycles. The highest BCUT2D eigenvalue weighted by Crippen LogP contribution is 2.19. The standard InChI is InChI=1S/C14H10Cl2F2N2O/c1-20(7-8-2-4-10(17)11(18)6-8)14(21)13-9(15)3-5-12(16)19-13/h2-6H,7H2,1H3. The van der Waals surface area contributed by atoms with E-state index < -0.39 is 17.5 Å². The van der Waals surface area contributed by atoms with Crippen molar-refractivity contribution in [1.82, 2.24) is 9.88 Å². The Morgan fingerprint density at radius 2 is 1.90 bits per heavy atom. The second-order valence-corrected chi connectivity index (χ2v) is 5.17. The average Bonchev–Trinajstić information content (AvgIpc) is 2.44. The van der Waals surface area contributed by atoms with Gasteiger partial charge in [0.05, 0.1) is 5.02 Å². The van der Waals surface area contributed by atoms with E-state index >= 15 is 0 Å². The molecule has 2 rings (SSSR count). The average molecular weight is 331 g/mol. The largest absolute Gasteiger partial charge is 0.336 e. The van der Waals surface area contributed by atoms with Crippen molar-refractivity contribution in [1.29, 1.82) is 0 Å². The summed E-state index contributed by atoms with van der Waals surface area (Å²) in [6.45, 7) is 0.0839. The van der Waals surface area contributed by atoms with Crippen LogP contribution >= 0.6 is 23.2 Å². The van der Waals surface area contributed by atoms with Gasteiger partial charge in [-0.2, -0.15) is 0 Å². The predicted octanol–water partition coefficient (Wildman–Crippen LogP) is 3.94. The van der Waals surface area contributed by atoms with E-state index in [0.29, 0.717) is 5.56 Å². The summed E-state index contributed by atoms with van der Waals surface area (Å²) >= 11 is 11.6. The molecule has 1 aromatic heterocycles. The molecule has 0 unspecified atom stereocenters. The molecule has 1 aromatic carbocycles. The van der Waals surface area contributed by atoms with Gasteiger partial charge in [-0.15, -0.1) is 0 Å². The number of hydrogen-bond acceptors (Lipinski definition) is 2. The normalized spacial score (nSPS) is 10.5. The summed E-state index contributed by atoms with van der Waals surface area (Å²) in [5.74, 6) is -2.37. The third-order valence-corrected chi connectivity index (χ3v) is 3.28. The second kappa shape index (κ2) is 6.37. The molecule has 0 bridgehead atoms. The molecular weight excluding hydrogens is 321 g/mol. The Bertz CT molecular complexity index is 695. The fraction of sp³-hybridized carbons (Fsp3) is 0.143. The van der Waals surface area contributed by atoms with Gasteiger partial charge in [-0.1, -0.05) is 29.3 Å². The van der Waals surface area contributed by atoms with Crippen LogP contribution in [0.3, 0.4) is 0 Å². The predicted molar refractivity (Wildman–Crippen MR) is 76.4 cm³/mol. The number of pyridine rings is 1. The van der Waals surface area contributed by atoms with Crippen LogP contribution < -0.4 is 0 Å². The lowest BCUT2D eigenvalue weighted by Gasteiger charge is -2.17. The fourth-order valence-corrected chi connectivity index (χ4v) is 2.07. The third-order valence-electron chi connectivity index (χ3n) is 2.77. The summed E-state index contributed by atoms with van der Waals surface area (Å²) < 4.78 is 26.0. The minimum absolute atomic E-state index is 0.00857. The molecule has 0 saturated carbocycles. The summed E-state index contributed by atoms with van der Waals surface area (Å²) in [7, 11) is 1.50. The summed E-state index contributed by atoms with van der Waals surface area (Å²) in [5.41, 5.74) is 0.456. The van der Waals surface area contributed by atoms with Gasteiger partial charge in [-0.05, 0) is 29.8 Å². The topological polar surface area (TPSA) is 33.2 Å². The minimum Gasteiger partial charge on any atom is -0.336 e. The van der Waals surface area contributed by atoms with Gasteiger partial charge in [-0.25, -0.2) is 13.8 Å². The summed E-state index contributed by atoms with van der Waals surface area (Å²) in [4.78, 5) is 17.4. The second-order valence-electron chi connectivity index (χ2n) is 4.37. The van der Waals surface area contributed by atoms with Crippen molar-refractivity contribution in [2.75, 3.05) is 7.05 Å². The van der Waals surface area contributed by atoms with Gasteiger partial charge in [-0.3, -0.25) is 4.79 Å². The number of amides is 1. The van der Waals surface area contributed by atoms with Crippen molar-refractivity contribution in [3.05, 3.63) is 63.4 Å². The summed E-state index contributed by atoms with van der Waals surface area (Å²) in [6, 6.07) is 6.38. The molecule has 7 heteroatoms. The van der Waals surface area contributed by atoms with Crippen LogP contribution in [0.15, 0.2) is 30.3 Å². The first-order valence-corrected chi connectivity index (χ1v) is 6.65. The number of rotatable bonds is 3. The molecule has 0 aliphatic carbocycles. The van der Waals surface area contributed by atoms with Gasteiger partial charge < -0.3 is 4.90 Å². The van der Waals surface area contributed by atoms with Crippen molar-refractivity contribution in [3.8, 4) is 0 Å². The first kappa shape index (κ1) is 15.7. The van der Waals surface area contributed by atoms with Crippen LogP contribution in [0.25, 0.3) is 0 Å². The molecule has 0 aliphatic rings. The fourth-order valence-electron chi connectivity index (χ4n) is 1.73. The molecule has 110 valence electrons.